The quantitative estimate of drug-likeness (QED) is 0.696. The first kappa shape index (κ1) is 13.2. The Morgan fingerprint density at radius 3 is 2.88 bits per heavy atom. The molecule has 0 aromatic heterocycles. The number of nitrogens with one attached hydrogen (secondary N) is 1. The molecule has 0 aliphatic carbocycles. The third-order valence-electron chi connectivity index (χ3n) is 2.11. The van der Waals surface area contributed by atoms with Gasteiger partial charge in [0.1, 0.15) is 11.6 Å². The van der Waals surface area contributed by atoms with Crippen molar-refractivity contribution in [1.82, 2.24) is 0 Å². The monoisotopic (exact) mass is 243 g/mol. The maximum Gasteiger partial charge on any atom is 0.306 e. The Bertz CT molecular complexity index is 397. The summed E-state index contributed by atoms with van der Waals surface area (Å²) in [6.45, 7) is -0.0453. The zero-order chi connectivity index (χ0) is 12.8. The lowest BCUT2D eigenvalue weighted by atomic mass is 10.2. The fourth-order valence-corrected chi connectivity index (χ4v) is 1.27. The van der Waals surface area contributed by atoms with Gasteiger partial charge in [-0.1, -0.05) is 0 Å². The molecule has 0 radical (unpaired) electrons. The predicted octanol–water partition coefficient (Wildman–Crippen LogP) is 1.08. The third kappa shape index (κ3) is 4.28. The number of aliphatic carboxylic acids is 1. The molecule has 1 unspecified atom stereocenters. The van der Waals surface area contributed by atoms with Gasteiger partial charge in [0.15, 0.2) is 0 Å². The first-order chi connectivity index (χ1) is 8.02. The van der Waals surface area contributed by atoms with Crippen LogP contribution < -0.4 is 10.1 Å². The van der Waals surface area contributed by atoms with E-state index in [9.17, 15) is 14.3 Å². The van der Waals surface area contributed by atoms with Crippen molar-refractivity contribution in [3.63, 3.8) is 0 Å². The molecule has 0 heterocycles. The Morgan fingerprint density at radius 1 is 1.59 bits per heavy atom. The Kier molecular flexibility index (Phi) is 4.71. The highest BCUT2D eigenvalue weighted by Gasteiger charge is 2.10. The molecular formula is C11H14FNO4. The van der Waals surface area contributed by atoms with Crippen molar-refractivity contribution < 1.29 is 24.1 Å². The minimum absolute atomic E-state index is 0.0453. The van der Waals surface area contributed by atoms with Crippen molar-refractivity contribution in [2.75, 3.05) is 19.0 Å². The lowest BCUT2D eigenvalue weighted by Crippen LogP contribution is -2.23. The smallest absolute Gasteiger partial charge is 0.306 e. The van der Waals surface area contributed by atoms with E-state index in [0.717, 1.165) is 0 Å². The Balaban J connectivity index is 2.59. The standard InChI is InChI=1S/C11H14FNO4/c1-17-8-2-3-9(12)10(5-8)13-6-7(14)4-11(15)16/h2-3,5,7,13-14H,4,6H2,1H3,(H,15,16). The van der Waals surface area contributed by atoms with E-state index < -0.39 is 24.3 Å². The lowest BCUT2D eigenvalue weighted by Gasteiger charge is -2.12. The van der Waals surface area contributed by atoms with E-state index in [1.54, 1.807) is 0 Å². The second-order valence-corrected chi connectivity index (χ2v) is 3.48. The molecule has 0 fully saturated rings. The highest BCUT2D eigenvalue weighted by Crippen LogP contribution is 2.20. The zero-order valence-electron chi connectivity index (χ0n) is 9.31. The number of carboxylic acid groups (broad SMARTS) is 1. The van der Waals surface area contributed by atoms with E-state index in [4.69, 9.17) is 9.84 Å². The van der Waals surface area contributed by atoms with Gasteiger partial charge in [0.05, 0.1) is 25.3 Å². The molecule has 0 amide bonds. The summed E-state index contributed by atoms with van der Waals surface area (Å²) in [6, 6.07) is 4.13. The van der Waals surface area contributed by atoms with Crippen molar-refractivity contribution in [1.29, 1.82) is 0 Å². The van der Waals surface area contributed by atoms with E-state index in [1.807, 2.05) is 0 Å². The van der Waals surface area contributed by atoms with Crippen molar-refractivity contribution in [2.24, 2.45) is 0 Å². The van der Waals surface area contributed by atoms with Crippen molar-refractivity contribution in [3.8, 4) is 5.75 Å². The number of carboxylic acids is 1. The number of ether oxygens (including phenoxy) is 1. The predicted molar refractivity (Wildman–Crippen MR) is 59.7 cm³/mol. The largest absolute Gasteiger partial charge is 0.497 e. The molecule has 1 rings (SSSR count). The number of aliphatic hydroxyl groups is 1. The average Bonchev–Trinajstić information content (AvgIpc) is 2.27. The second kappa shape index (κ2) is 6.05. The molecule has 3 N–H and O–H groups in total. The maximum absolute atomic E-state index is 13.3. The van der Waals surface area contributed by atoms with E-state index in [0.29, 0.717) is 5.75 Å². The van der Waals surface area contributed by atoms with Crippen LogP contribution in [0.4, 0.5) is 10.1 Å². The molecule has 0 aliphatic heterocycles. The number of methoxy groups -OCH3 is 1. The molecule has 6 heteroatoms. The van der Waals surface area contributed by atoms with Gasteiger partial charge in [0.25, 0.3) is 0 Å². The molecule has 0 spiro atoms. The molecule has 1 aromatic rings. The van der Waals surface area contributed by atoms with Crippen molar-refractivity contribution >= 4 is 11.7 Å². The Hall–Kier alpha value is -1.82. The molecule has 0 bridgehead atoms. The first-order valence-corrected chi connectivity index (χ1v) is 5.00. The van der Waals surface area contributed by atoms with E-state index in [1.165, 1.54) is 25.3 Å². The van der Waals surface area contributed by atoms with Crippen LogP contribution in [-0.2, 0) is 4.79 Å². The van der Waals surface area contributed by atoms with Crippen LogP contribution in [0.5, 0.6) is 5.75 Å². The molecule has 1 aromatic carbocycles. The fourth-order valence-electron chi connectivity index (χ4n) is 1.27. The normalized spacial score (nSPS) is 11.9. The second-order valence-electron chi connectivity index (χ2n) is 3.48. The lowest BCUT2D eigenvalue weighted by molar-refractivity contribution is -0.138. The van der Waals surface area contributed by atoms with Crippen molar-refractivity contribution in [3.05, 3.63) is 24.0 Å². The van der Waals surface area contributed by atoms with E-state index in [2.05, 4.69) is 5.32 Å². The molecule has 17 heavy (non-hydrogen) atoms. The van der Waals surface area contributed by atoms with Gasteiger partial charge in [-0.15, -0.1) is 0 Å². The van der Waals surface area contributed by atoms with Gasteiger partial charge in [-0.25, -0.2) is 4.39 Å². The van der Waals surface area contributed by atoms with E-state index in [-0.39, 0.29) is 12.2 Å². The summed E-state index contributed by atoms with van der Waals surface area (Å²) in [5.74, 6) is -1.12. The number of hydrogen-bond acceptors (Lipinski definition) is 4. The summed E-state index contributed by atoms with van der Waals surface area (Å²) >= 11 is 0. The van der Waals surface area contributed by atoms with Gasteiger partial charge < -0.3 is 20.3 Å². The molecule has 1 atom stereocenters. The molecule has 0 saturated heterocycles. The van der Waals surface area contributed by atoms with Crippen LogP contribution >= 0.6 is 0 Å². The number of halogens is 1. The number of anilines is 1. The summed E-state index contributed by atoms with van der Waals surface area (Å²) in [4.78, 5) is 10.3. The highest BCUT2D eigenvalue weighted by atomic mass is 19.1. The minimum Gasteiger partial charge on any atom is -0.497 e. The minimum atomic E-state index is -1.11. The molecule has 5 nitrogen and oxygen atoms in total. The summed E-state index contributed by atoms with van der Waals surface area (Å²) in [7, 11) is 1.45. The summed E-state index contributed by atoms with van der Waals surface area (Å²) in [6.07, 6.45) is -1.46. The van der Waals surface area contributed by atoms with Crippen LogP contribution in [-0.4, -0.2) is 35.9 Å². The van der Waals surface area contributed by atoms with Gasteiger partial charge in [0.2, 0.25) is 0 Å². The van der Waals surface area contributed by atoms with Crippen LogP contribution in [0.3, 0.4) is 0 Å². The fraction of sp³-hybridized carbons (Fsp3) is 0.364. The number of hydrogen-bond donors (Lipinski definition) is 3. The van der Waals surface area contributed by atoms with Gasteiger partial charge in [-0.05, 0) is 12.1 Å². The SMILES string of the molecule is COc1ccc(F)c(NCC(O)CC(=O)O)c1. The third-order valence-corrected chi connectivity index (χ3v) is 2.11. The van der Waals surface area contributed by atoms with Crippen LogP contribution in [0.1, 0.15) is 6.42 Å². The van der Waals surface area contributed by atoms with Gasteiger partial charge in [0, 0.05) is 12.6 Å². The first-order valence-electron chi connectivity index (χ1n) is 5.00. The molecule has 0 aliphatic rings. The summed E-state index contributed by atoms with van der Waals surface area (Å²) in [5, 5.41) is 20.4. The topological polar surface area (TPSA) is 78.8 Å². The summed E-state index contributed by atoms with van der Waals surface area (Å²) < 4.78 is 18.2. The molecular weight excluding hydrogens is 229 g/mol. The van der Waals surface area contributed by atoms with Crippen LogP contribution in [0.15, 0.2) is 18.2 Å². The average molecular weight is 243 g/mol. The number of aliphatic hydroxyl groups excluding tert-OH is 1. The Morgan fingerprint density at radius 2 is 2.29 bits per heavy atom. The van der Waals surface area contributed by atoms with E-state index >= 15 is 0 Å². The van der Waals surface area contributed by atoms with Crippen LogP contribution in [0.25, 0.3) is 0 Å². The van der Waals surface area contributed by atoms with Crippen LogP contribution in [0.2, 0.25) is 0 Å². The van der Waals surface area contributed by atoms with Gasteiger partial charge in [-0.2, -0.15) is 0 Å². The maximum atomic E-state index is 13.3. The number of rotatable bonds is 6. The Labute approximate surface area is 97.8 Å². The number of carbonyl (C=O) groups is 1. The van der Waals surface area contributed by atoms with Crippen molar-refractivity contribution in [2.45, 2.75) is 12.5 Å². The van der Waals surface area contributed by atoms with Crippen LogP contribution in [0, 0.1) is 5.82 Å². The van der Waals surface area contributed by atoms with Gasteiger partial charge >= 0.3 is 5.97 Å². The van der Waals surface area contributed by atoms with Gasteiger partial charge in [-0.3, -0.25) is 4.79 Å². The summed E-state index contributed by atoms with van der Waals surface area (Å²) in [5.41, 5.74) is 0.161. The molecule has 94 valence electrons. The molecule has 0 saturated carbocycles. The number of benzene rings is 1. The zero-order valence-corrected chi connectivity index (χ0v) is 9.31. The highest BCUT2D eigenvalue weighted by molar-refractivity contribution is 5.67.